The summed E-state index contributed by atoms with van der Waals surface area (Å²) >= 11 is 0. The van der Waals surface area contributed by atoms with Crippen LogP contribution in [-0.2, 0) is 22.4 Å². The molecule has 5 N–H and O–H groups in total. The van der Waals surface area contributed by atoms with Gasteiger partial charge in [0, 0.05) is 47.9 Å². The van der Waals surface area contributed by atoms with E-state index >= 15 is 0 Å². The number of carbonyl (C=O) groups excluding carboxylic acids is 1. The highest BCUT2D eigenvalue weighted by Gasteiger charge is 2.52. The monoisotopic (exact) mass is 698 g/mol. The Morgan fingerprint density at radius 3 is 1.98 bits per heavy atom. The summed E-state index contributed by atoms with van der Waals surface area (Å²) in [5.74, 6) is 0.539. The van der Waals surface area contributed by atoms with Gasteiger partial charge in [-0.15, -0.1) is 0 Å². The molecule has 5 aromatic rings. The van der Waals surface area contributed by atoms with E-state index in [4.69, 9.17) is 14.2 Å². The Kier molecular flexibility index (Phi) is 8.51. The molecule has 0 radical (unpaired) electrons. The zero-order valence-corrected chi connectivity index (χ0v) is 28.4. The number of hydrogen-bond acceptors (Lipinski definition) is 9. The average molecular weight is 699 g/mol. The number of aryl methyl sites for hydroxylation is 2. The molecule has 9 nitrogen and oxygen atoms in total. The van der Waals surface area contributed by atoms with Gasteiger partial charge in [0.15, 0.2) is 0 Å². The van der Waals surface area contributed by atoms with Crippen LogP contribution < -0.4 is 9.47 Å². The van der Waals surface area contributed by atoms with Crippen LogP contribution >= 0.6 is 0 Å². The Labute approximate surface area is 300 Å². The van der Waals surface area contributed by atoms with E-state index < -0.39 is 24.2 Å². The fourth-order valence-electron chi connectivity index (χ4n) is 8.29. The van der Waals surface area contributed by atoms with Crippen LogP contribution in [0, 0.1) is 5.92 Å². The van der Waals surface area contributed by atoms with Crippen molar-refractivity contribution in [2.45, 2.75) is 49.9 Å². The molecule has 2 fully saturated rings. The van der Waals surface area contributed by atoms with E-state index in [9.17, 15) is 30.3 Å². The average Bonchev–Trinajstić information content (AvgIpc) is 3.70. The second-order valence-electron chi connectivity index (χ2n) is 13.8. The van der Waals surface area contributed by atoms with E-state index in [-0.39, 0.29) is 53.3 Å². The zero-order chi connectivity index (χ0) is 36.1. The van der Waals surface area contributed by atoms with Crippen molar-refractivity contribution in [3.05, 3.63) is 142 Å². The van der Waals surface area contributed by atoms with Crippen LogP contribution in [0.1, 0.15) is 64.3 Å². The van der Waals surface area contributed by atoms with Crippen LogP contribution in [0.5, 0.6) is 40.2 Å². The molecule has 1 saturated heterocycles. The van der Waals surface area contributed by atoms with Crippen molar-refractivity contribution in [3.63, 3.8) is 0 Å². The first-order chi connectivity index (χ1) is 25.1. The molecule has 1 saturated carbocycles. The summed E-state index contributed by atoms with van der Waals surface area (Å²) in [7, 11) is 1.60. The van der Waals surface area contributed by atoms with Crippen LogP contribution in [-0.4, -0.2) is 44.5 Å². The first-order valence-electron chi connectivity index (χ1n) is 17.3. The standard InChI is InChI=1S/C43H38O9/c1-50-34-14-8-25(9-15-34)42-39(27-17-30(46)19-31(47)18-27)40-35(20-33(49)22-37(40)52-42)41-38-26(5-2-23-3-10-28(44)11-4-23)16-32(48)21-36(38)51-43(41)24-6-12-29(45)13-7-24/h3-4,6-19,21,37,39-40,42-48H,2,5,20,22H2,1H3/t37?,39-,40?,42+,43-/m1/s1. The maximum absolute atomic E-state index is 13.8. The zero-order valence-electron chi connectivity index (χ0n) is 28.4. The number of hydrogen-bond donors (Lipinski definition) is 5. The van der Waals surface area contributed by atoms with E-state index in [1.165, 1.54) is 6.07 Å². The van der Waals surface area contributed by atoms with Gasteiger partial charge in [-0.05, 0) is 101 Å². The fraction of sp³-hybridized carbons (Fsp3) is 0.233. The molecule has 8 rings (SSSR count). The normalized spacial score (nSPS) is 23.6. The summed E-state index contributed by atoms with van der Waals surface area (Å²) in [6.07, 6.45) is -0.270. The van der Waals surface area contributed by atoms with Crippen molar-refractivity contribution in [1.29, 1.82) is 0 Å². The Morgan fingerprint density at radius 2 is 1.31 bits per heavy atom. The van der Waals surface area contributed by atoms with Gasteiger partial charge in [-0.3, -0.25) is 4.79 Å². The van der Waals surface area contributed by atoms with Gasteiger partial charge >= 0.3 is 0 Å². The van der Waals surface area contributed by atoms with Gasteiger partial charge < -0.3 is 39.7 Å². The van der Waals surface area contributed by atoms with Crippen LogP contribution in [0.2, 0.25) is 0 Å². The minimum Gasteiger partial charge on any atom is -0.508 e. The maximum Gasteiger partial charge on any atom is 0.150 e. The number of carbonyl (C=O) groups is 1. The highest BCUT2D eigenvalue weighted by molar-refractivity contribution is 5.91. The van der Waals surface area contributed by atoms with Gasteiger partial charge in [0.05, 0.1) is 19.3 Å². The number of methoxy groups -OCH3 is 1. The van der Waals surface area contributed by atoms with Gasteiger partial charge in [-0.1, -0.05) is 36.4 Å². The second kappa shape index (κ2) is 13.3. The highest BCUT2D eigenvalue weighted by atomic mass is 16.5. The first-order valence-corrected chi connectivity index (χ1v) is 17.3. The Balaban J connectivity index is 1.34. The predicted molar refractivity (Wildman–Crippen MR) is 193 cm³/mol. The van der Waals surface area contributed by atoms with Crippen LogP contribution in [0.25, 0.3) is 5.57 Å². The van der Waals surface area contributed by atoms with E-state index in [2.05, 4.69) is 0 Å². The largest absolute Gasteiger partial charge is 0.508 e. The number of rotatable bonds is 7. The first kappa shape index (κ1) is 33.2. The molecule has 0 bridgehead atoms. The summed E-state index contributed by atoms with van der Waals surface area (Å²) in [6, 6.07) is 29.3. The van der Waals surface area contributed by atoms with Gasteiger partial charge in [0.2, 0.25) is 0 Å². The number of ether oxygens (including phenoxy) is 3. The number of phenols is 5. The summed E-state index contributed by atoms with van der Waals surface area (Å²) in [6.45, 7) is 0. The Hall–Kier alpha value is -5.93. The van der Waals surface area contributed by atoms with Crippen LogP contribution in [0.3, 0.4) is 0 Å². The number of aromatic hydroxyl groups is 5. The molecule has 264 valence electrons. The molecule has 2 aliphatic heterocycles. The minimum absolute atomic E-state index is 0.0129. The Bertz CT molecular complexity index is 2150. The lowest BCUT2D eigenvalue weighted by Gasteiger charge is -2.33. The topological polar surface area (TPSA) is 146 Å². The quantitative estimate of drug-likeness (QED) is 0.115. The lowest BCUT2D eigenvalue weighted by Crippen LogP contribution is -2.32. The van der Waals surface area contributed by atoms with Crippen molar-refractivity contribution >= 4 is 11.4 Å². The van der Waals surface area contributed by atoms with Crippen molar-refractivity contribution in [2.75, 3.05) is 7.11 Å². The van der Waals surface area contributed by atoms with Gasteiger partial charge in [-0.2, -0.15) is 0 Å². The van der Waals surface area contributed by atoms with E-state index in [0.717, 1.165) is 39.0 Å². The molecule has 2 unspecified atom stereocenters. The molecular weight excluding hydrogens is 660 g/mol. The molecule has 52 heavy (non-hydrogen) atoms. The molecule has 9 heteroatoms. The highest BCUT2D eigenvalue weighted by Crippen LogP contribution is 2.60. The molecule has 0 amide bonds. The SMILES string of the molecule is COc1ccc([C@@H]2OC3CC(=O)CC(=C4c5c(CCc6ccc(O)cc6)cc(O)cc5O[C@@H]4c4ccc(O)cc4)C3[C@H]2c2cc(O)cc(O)c2)cc1. The smallest absolute Gasteiger partial charge is 0.150 e. The second-order valence-corrected chi connectivity index (χ2v) is 13.8. The molecule has 0 aromatic heterocycles. The number of benzene rings is 5. The minimum atomic E-state index is -0.676. The Morgan fingerprint density at radius 1 is 0.673 bits per heavy atom. The summed E-state index contributed by atoms with van der Waals surface area (Å²) < 4.78 is 19.0. The summed E-state index contributed by atoms with van der Waals surface area (Å²) in [4.78, 5) is 13.8. The third-order valence-corrected chi connectivity index (χ3v) is 10.5. The van der Waals surface area contributed by atoms with Gasteiger partial charge in [0.1, 0.15) is 52.1 Å². The molecule has 0 spiro atoms. The molecule has 5 atom stereocenters. The predicted octanol–water partition coefficient (Wildman–Crippen LogP) is 7.80. The third-order valence-electron chi connectivity index (χ3n) is 10.5. The van der Waals surface area contributed by atoms with Crippen molar-refractivity contribution in [3.8, 4) is 40.2 Å². The van der Waals surface area contributed by atoms with E-state index in [1.54, 1.807) is 67.8 Å². The molecule has 1 aliphatic carbocycles. The number of phenolic OH excluding ortho intramolecular Hbond substituents is 5. The van der Waals surface area contributed by atoms with Gasteiger partial charge in [0.25, 0.3) is 0 Å². The number of ketones is 1. The van der Waals surface area contributed by atoms with Crippen molar-refractivity contribution < 1.29 is 44.5 Å². The maximum atomic E-state index is 13.8. The molecular formula is C43H38O9. The summed E-state index contributed by atoms with van der Waals surface area (Å²) in [5, 5.41) is 52.4. The lowest BCUT2D eigenvalue weighted by atomic mass is 9.68. The number of Topliss-reactive ketones (excluding diaryl/α,β-unsaturated/α-hetero) is 1. The fourth-order valence-corrected chi connectivity index (χ4v) is 8.29. The van der Waals surface area contributed by atoms with Crippen LogP contribution in [0.4, 0.5) is 0 Å². The van der Waals surface area contributed by atoms with Crippen molar-refractivity contribution in [1.82, 2.24) is 0 Å². The molecule has 3 aliphatic rings. The van der Waals surface area contributed by atoms with Gasteiger partial charge in [-0.25, -0.2) is 0 Å². The lowest BCUT2D eigenvalue weighted by molar-refractivity contribution is -0.123. The molecule has 5 aromatic carbocycles. The molecule has 2 heterocycles. The van der Waals surface area contributed by atoms with E-state index in [1.807, 2.05) is 36.4 Å². The van der Waals surface area contributed by atoms with E-state index in [0.29, 0.717) is 29.9 Å². The third kappa shape index (κ3) is 6.17. The summed E-state index contributed by atoms with van der Waals surface area (Å²) in [5.41, 5.74) is 6.54. The number of fused-ring (bicyclic) bond motifs is 2. The van der Waals surface area contributed by atoms with Crippen LogP contribution in [0.15, 0.2) is 109 Å². The van der Waals surface area contributed by atoms with Crippen molar-refractivity contribution in [2.24, 2.45) is 5.92 Å².